The van der Waals surface area contributed by atoms with E-state index in [-0.39, 0.29) is 12.4 Å². The van der Waals surface area contributed by atoms with Gasteiger partial charge in [-0.25, -0.2) is 0 Å². The lowest BCUT2D eigenvalue weighted by Crippen LogP contribution is -2.47. The molecule has 1 aliphatic heterocycles. The molecule has 3 nitrogen and oxygen atoms in total. The number of hydrogen-bond acceptors (Lipinski definition) is 2. The number of amides is 1. The summed E-state index contributed by atoms with van der Waals surface area (Å²) in [5.74, 6) is 3.78. The summed E-state index contributed by atoms with van der Waals surface area (Å²) in [6.07, 6.45) is 13.8. The van der Waals surface area contributed by atoms with Gasteiger partial charge >= 0.3 is 0 Å². The number of halogens is 1. The fourth-order valence-electron chi connectivity index (χ4n) is 7.37. The van der Waals surface area contributed by atoms with Crippen molar-refractivity contribution < 1.29 is 4.79 Å². The van der Waals surface area contributed by atoms with Crippen molar-refractivity contribution in [1.82, 2.24) is 10.6 Å². The molecule has 0 radical (unpaired) electrons. The van der Waals surface area contributed by atoms with Crippen molar-refractivity contribution in [2.24, 2.45) is 34.5 Å². The lowest BCUT2D eigenvalue weighted by atomic mass is 9.49. The largest absolute Gasteiger partial charge is 0.356 e. The Bertz CT molecular complexity index is 465. The van der Waals surface area contributed by atoms with Gasteiger partial charge in [-0.05, 0) is 106 Å². The molecule has 1 spiro atoms. The number of carbonyl (C=O) groups is 1. The molecule has 0 aromatic heterocycles. The summed E-state index contributed by atoms with van der Waals surface area (Å²) in [4.78, 5) is 12.5. The second-order valence-corrected chi connectivity index (χ2v) is 9.83. The molecular formula is C20H33ClN2O. The van der Waals surface area contributed by atoms with Gasteiger partial charge in [0, 0.05) is 12.5 Å². The summed E-state index contributed by atoms with van der Waals surface area (Å²) >= 11 is 0. The molecule has 4 bridgehead atoms. The molecule has 4 heteroatoms. The van der Waals surface area contributed by atoms with Crippen LogP contribution in [-0.4, -0.2) is 25.5 Å². The maximum absolute atomic E-state index is 12.5. The maximum atomic E-state index is 12.5. The normalized spacial score (nSPS) is 44.2. The molecule has 6 rings (SSSR count). The van der Waals surface area contributed by atoms with Crippen molar-refractivity contribution in [3.8, 4) is 0 Å². The van der Waals surface area contributed by atoms with Gasteiger partial charge in [0.15, 0.2) is 0 Å². The topological polar surface area (TPSA) is 41.1 Å². The van der Waals surface area contributed by atoms with Gasteiger partial charge in [0.25, 0.3) is 0 Å². The van der Waals surface area contributed by atoms with Gasteiger partial charge in [0.05, 0.1) is 0 Å². The van der Waals surface area contributed by atoms with E-state index in [1.165, 1.54) is 57.8 Å². The Morgan fingerprint density at radius 3 is 2.12 bits per heavy atom. The van der Waals surface area contributed by atoms with Crippen LogP contribution in [-0.2, 0) is 4.79 Å². The van der Waals surface area contributed by atoms with Gasteiger partial charge in [-0.15, -0.1) is 12.4 Å². The fraction of sp³-hybridized carbons (Fsp3) is 0.950. The van der Waals surface area contributed by atoms with Gasteiger partial charge in [-0.1, -0.05) is 0 Å². The highest BCUT2D eigenvalue weighted by Crippen LogP contribution is 2.61. The third kappa shape index (κ3) is 2.90. The number of nitrogens with one attached hydrogen (secondary N) is 2. The minimum atomic E-state index is 0. The van der Waals surface area contributed by atoms with E-state index in [2.05, 4.69) is 10.6 Å². The minimum Gasteiger partial charge on any atom is -0.356 e. The van der Waals surface area contributed by atoms with Crippen molar-refractivity contribution in [2.45, 2.75) is 64.2 Å². The molecular weight excluding hydrogens is 320 g/mol. The van der Waals surface area contributed by atoms with E-state index in [1.807, 2.05) is 0 Å². The fourth-order valence-corrected chi connectivity index (χ4v) is 7.37. The Balaban J connectivity index is 0.00000146. The third-order valence-corrected chi connectivity index (χ3v) is 8.23. The standard InChI is InChI=1S/C20H32N2O.ClH/c23-18(17-13-20(17)2-4-21-5-3-20)22-6-1-19-10-14-7-15(11-19)9-16(8-14)12-19;/h14-17,21H,1-13H2,(H,22,23);1H. The number of piperidine rings is 1. The Morgan fingerprint density at radius 1 is 0.958 bits per heavy atom. The number of hydrogen-bond donors (Lipinski definition) is 2. The molecule has 2 N–H and O–H groups in total. The van der Waals surface area contributed by atoms with E-state index in [0.29, 0.717) is 22.7 Å². The average molecular weight is 353 g/mol. The summed E-state index contributed by atoms with van der Waals surface area (Å²) in [6.45, 7) is 3.16. The van der Waals surface area contributed by atoms with Crippen LogP contribution >= 0.6 is 12.4 Å². The zero-order valence-electron chi connectivity index (χ0n) is 14.8. The van der Waals surface area contributed by atoms with Gasteiger partial charge in [0.2, 0.25) is 5.91 Å². The molecule has 0 aromatic carbocycles. The predicted molar refractivity (Wildman–Crippen MR) is 98.1 cm³/mol. The maximum Gasteiger partial charge on any atom is 0.223 e. The van der Waals surface area contributed by atoms with Crippen LogP contribution in [0.3, 0.4) is 0 Å². The summed E-state index contributed by atoms with van der Waals surface area (Å²) < 4.78 is 0. The van der Waals surface area contributed by atoms with Crippen molar-refractivity contribution >= 4 is 18.3 Å². The molecule has 0 aromatic rings. The molecule has 1 amide bonds. The molecule has 1 heterocycles. The van der Waals surface area contributed by atoms with Crippen LogP contribution in [0.5, 0.6) is 0 Å². The molecule has 136 valence electrons. The molecule has 1 atom stereocenters. The van der Waals surface area contributed by atoms with E-state index in [1.54, 1.807) is 0 Å². The highest BCUT2D eigenvalue weighted by molar-refractivity contribution is 5.85. The lowest BCUT2D eigenvalue weighted by molar-refractivity contribution is -0.123. The first-order chi connectivity index (χ1) is 11.2. The van der Waals surface area contributed by atoms with Crippen molar-refractivity contribution in [2.75, 3.05) is 19.6 Å². The van der Waals surface area contributed by atoms with Crippen LogP contribution in [0, 0.1) is 34.5 Å². The number of rotatable bonds is 4. The molecule has 6 fully saturated rings. The van der Waals surface area contributed by atoms with Crippen LogP contribution in [0.25, 0.3) is 0 Å². The first-order valence-electron chi connectivity index (χ1n) is 10.1. The zero-order valence-corrected chi connectivity index (χ0v) is 15.6. The molecule has 1 unspecified atom stereocenters. The van der Waals surface area contributed by atoms with Crippen LogP contribution in [0.15, 0.2) is 0 Å². The Hall–Kier alpha value is -0.280. The number of carbonyl (C=O) groups excluding carboxylic acids is 1. The Labute approximate surface area is 152 Å². The zero-order chi connectivity index (χ0) is 15.5. The van der Waals surface area contributed by atoms with Crippen LogP contribution < -0.4 is 10.6 Å². The summed E-state index contributed by atoms with van der Waals surface area (Å²) in [5, 5.41) is 6.76. The molecule has 6 aliphatic rings. The first kappa shape index (κ1) is 17.1. The second kappa shape index (κ2) is 6.16. The second-order valence-electron chi connectivity index (χ2n) is 9.83. The molecule has 1 saturated heterocycles. The van der Waals surface area contributed by atoms with E-state index < -0.39 is 0 Å². The average Bonchev–Trinajstić information content (AvgIpc) is 3.19. The van der Waals surface area contributed by atoms with Crippen molar-refractivity contribution in [1.29, 1.82) is 0 Å². The van der Waals surface area contributed by atoms with Crippen LogP contribution in [0.2, 0.25) is 0 Å². The molecule has 24 heavy (non-hydrogen) atoms. The summed E-state index contributed by atoms with van der Waals surface area (Å²) in [6, 6.07) is 0. The predicted octanol–water partition coefficient (Wildman–Crippen LogP) is 3.52. The van der Waals surface area contributed by atoms with Gasteiger partial charge in [-0.3, -0.25) is 4.79 Å². The van der Waals surface area contributed by atoms with Crippen molar-refractivity contribution in [3.63, 3.8) is 0 Å². The van der Waals surface area contributed by atoms with E-state index >= 15 is 0 Å². The van der Waals surface area contributed by atoms with Crippen molar-refractivity contribution in [3.05, 3.63) is 0 Å². The van der Waals surface area contributed by atoms with Gasteiger partial charge in [-0.2, -0.15) is 0 Å². The van der Waals surface area contributed by atoms with E-state index in [9.17, 15) is 4.79 Å². The highest BCUT2D eigenvalue weighted by Gasteiger charge is 2.57. The van der Waals surface area contributed by atoms with Crippen LogP contribution in [0.4, 0.5) is 0 Å². The Kier molecular flexibility index (Phi) is 4.40. The molecule has 5 aliphatic carbocycles. The van der Waals surface area contributed by atoms with E-state index in [4.69, 9.17) is 0 Å². The third-order valence-electron chi connectivity index (χ3n) is 8.23. The highest BCUT2D eigenvalue weighted by atomic mass is 35.5. The molecule has 5 saturated carbocycles. The van der Waals surface area contributed by atoms with Gasteiger partial charge in [0.1, 0.15) is 0 Å². The quantitative estimate of drug-likeness (QED) is 0.812. The summed E-state index contributed by atoms with van der Waals surface area (Å²) in [7, 11) is 0. The smallest absolute Gasteiger partial charge is 0.223 e. The Morgan fingerprint density at radius 2 is 1.54 bits per heavy atom. The summed E-state index contributed by atoms with van der Waals surface area (Å²) in [5.41, 5.74) is 0.994. The van der Waals surface area contributed by atoms with Crippen LogP contribution in [0.1, 0.15) is 64.2 Å². The lowest BCUT2D eigenvalue weighted by Gasteiger charge is -2.57. The van der Waals surface area contributed by atoms with Gasteiger partial charge < -0.3 is 10.6 Å². The first-order valence-corrected chi connectivity index (χ1v) is 10.1. The monoisotopic (exact) mass is 352 g/mol. The van der Waals surface area contributed by atoms with E-state index in [0.717, 1.165) is 43.8 Å². The minimum absolute atomic E-state index is 0. The SMILES string of the molecule is Cl.O=C(NCCC12CC3CC(CC(C3)C1)C2)C1CC12CCNCC2.